The maximum Gasteiger partial charge on any atom is 0.320 e. The molecular weight excluding hydrogens is 234 g/mol. The summed E-state index contributed by atoms with van der Waals surface area (Å²) in [5, 5.41) is 8.22. The number of carbonyl (C=O) groups is 1. The van der Waals surface area contributed by atoms with E-state index in [-0.39, 0.29) is 13.0 Å². The molecule has 0 amide bonds. The van der Waals surface area contributed by atoms with Gasteiger partial charge in [-0.15, -0.1) is 0 Å². The van der Waals surface area contributed by atoms with Crippen molar-refractivity contribution in [3.05, 3.63) is 0 Å². The number of ether oxygens (including phenoxy) is 3. The van der Waals surface area contributed by atoms with Gasteiger partial charge in [-0.25, -0.2) is 0 Å². The Morgan fingerprint density at radius 2 is 1.67 bits per heavy atom. The molecule has 0 aromatic rings. The average molecular weight is 257 g/mol. The van der Waals surface area contributed by atoms with Gasteiger partial charge in [0.15, 0.2) is 0 Å². The average Bonchev–Trinajstić information content (AvgIpc) is 2.36. The first kappa shape index (κ1) is 16.9. The minimum absolute atomic E-state index is 0.191. The Bertz CT molecular complexity index is 238. The summed E-state index contributed by atoms with van der Waals surface area (Å²) in [6.45, 7) is 4.56. The van der Waals surface area contributed by atoms with Crippen molar-refractivity contribution in [2.24, 2.45) is 0 Å². The van der Waals surface area contributed by atoms with Gasteiger partial charge in [0.25, 0.3) is 0 Å². The lowest BCUT2D eigenvalue weighted by Crippen LogP contribution is -2.12. The van der Waals surface area contributed by atoms with Crippen LogP contribution in [-0.2, 0) is 19.0 Å². The van der Waals surface area contributed by atoms with Crippen LogP contribution in [-0.4, -0.2) is 39.0 Å². The van der Waals surface area contributed by atoms with E-state index in [0.717, 1.165) is 13.0 Å². The van der Waals surface area contributed by atoms with Crippen molar-refractivity contribution in [2.75, 3.05) is 33.0 Å². The molecule has 0 fully saturated rings. The SMILES string of the molecule is CCCCCCOCCOCCOC(=O)CC#N. The molecule has 0 atom stereocenters. The Morgan fingerprint density at radius 1 is 1.00 bits per heavy atom. The first-order valence-electron chi connectivity index (χ1n) is 6.49. The molecule has 0 bridgehead atoms. The predicted octanol–water partition coefficient (Wildman–Crippen LogP) is 2.06. The van der Waals surface area contributed by atoms with E-state index in [0.29, 0.717) is 19.8 Å². The summed E-state index contributed by atoms with van der Waals surface area (Å²) in [4.78, 5) is 10.8. The maximum atomic E-state index is 10.8. The molecule has 0 aromatic carbocycles. The Kier molecular flexibility index (Phi) is 13.1. The Balaban J connectivity index is 3.03. The van der Waals surface area contributed by atoms with Crippen molar-refractivity contribution in [3.63, 3.8) is 0 Å². The molecule has 104 valence electrons. The molecule has 0 unspecified atom stereocenters. The van der Waals surface area contributed by atoms with E-state index in [1.807, 2.05) is 0 Å². The fraction of sp³-hybridized carbons (Fsp3) is 0.846. The number of esters is 1. The summed E-state index contributed by atoms with van der Waals surface area (Å²) in [6.07, 6.45) is 4.59. The number of hydrogen-bond donors (Lipinski definition) is 0. The molecule has 0 spiro atoms. The summed E-state index contributed by atoms with van der Waals surface area (Å²) in [7, 11) is 0. The third kappa shape index (κ3) is 12.9. The quantitative estimate of drug-likeness (QED) is 0.395. The van der Waals surface area contributed by atoms with Gasteiger partial charge in [0.05, 0.1) is 25.9 Å². The molecule has 0 heterocycles. The molecule has 0 rings (SSSR count). The van der Waals surface area contributed by atoms with Gasteiger partial charge in [-0.2, -0.15) is 5.26 Å². The summed E-state index contributed by atoms with van der Waals surface area (Å²) in [5.74, 6) is -0.506. The molecule has 0 aliphatic rings. The number of nitriles is 1. The van der Waals surface area contributed by atoms with Gasteiger partial charge in [0.1, 0.15) is 13.0 Å². The molecule has 0 radical (unpaired) electrons. The van der Waals surface area contributed by atoms with Crippen molar-refractivity contribution in [2.45, 2.75) is 39.0 Å². The van der Waals surface area contributed by atoms with Crippen LogP contribution in [0.15, 0.2) is 0 Å². The molecule has 0 N–H and O–H groups in total. The Hall–Kier alpha value is -1.12. The zero-order valence-electron chi connectivity index (χ0n) is 11.2. The monoisotopic (exact) mass is 257 g/mol. The number of nitrogens with zero attached hydrogens (tertiary/aromatic N) is 1. The van der Waals surface area contributed by atoms with E-state index in [1.165, 1.54) is 19.3 Å². The smallest absolute Gasteiger partial charge is 0.320 e. The van der Waals surface area contributed by atoms with Gasteiger partial charge in [-0.05, 0) is 6.42 Å². The molecule has 0 aliphatic heterocycles. The van der Waals surface area contributed by atoms with E-state index >= 15 is 0 Å². The largest absolute Gasteiger partial charge is 0.462 e. The zero-order valence-corrected chi connectivity index (χ0v) is 11.2. The van der Waals surface area contributed by atoms with Crippen LogP contribution in [0.3, 0.4) is 0 Å². The predicted molar refractivity (Wildman–Crippen MR) is 67.0 cm³/mol. The van der Waals surface area contributed by atoms with Gasteiger partial charge in [-0.1, -0.05) is 26.2 Å². The minimum atomic E-state index is -0.506. The summed E-state index contributed by atoms with van der Waals surface area (Å²) in [6, 6.07) is 1.72. The highest BCUT2D eigenvalue weighted by Crippen LogP contribution is 1.98. The van der Waals surface area contributed by atoms with Crippen LogP contribution in [0.5, 0.6) is 0 Å². The molecule has 0 saturated heterocycles. The van der Waals surface area contributed by atoms with Gasteiger partial charge in [0, 0.05) is 6.61 Å². The highest BCUT2D eigenvalue weighted by atomic mass is 16.6. The Labute approximate surface area is 109 Å². The fourth-order valence-electron chi connectivity index (χ4n) is 1.28. The van der Waals surface area contributed by atoms with Crippen molar-refractivity contribution < 1.29 is 19.0 Å². The molecular formula is C13H23NO4. The van der Waals surface area contributed by atoms with E-state index in [9.17, 15) is 4.79 Å². The van der Waals surface area contributed by atoms with Gasteiger partial charge >= 0.3 is 5.97 Å². The number of carbonyl (C=O) groups excluding carboxylic acids is 1. The van der Waals surface area contributed by atoms with E-state index in [1.54, 1.807) is 6.07 Å². The topological polar surface area (TPSA) is 68.6 Å². The fourth-order valence-corrected chi connectivity index (χ4v) is 1.28. The van der Waals surface area contributed by atoms with Crippen LogP contribution in [0, 0.1) is 11.3 Å². The van der Waals surface area contributed by atoms with Crippen LogP contribution >= 0.6 is 0 Å². The van der Waals surface area contributed by atoms with E-state index in [4.69, 9.17) is 19.5 Å². The lowest BCUT2D eigenvalue weighted by molar-refractivity contribution is -0.144. The van der Waals surface area contributed by atoms with Crippen molar-refractivity contribution >= 4 is 5.97 Å². The second-order valence-corrected chi connectivity index (χ2v) is 3.84. The summed E-state index contributed by atoms with van der Waals surface area (Å²) >= 11 is 0. The molecule has 5 nitrogen and oxygen atoms in total. The van der Waals surface area contributed by atoms with Gasteiger partial charge in [-0.3, -0.25) is 4.79 Å². The zero-order chi connectivity index (χ0) is 13.5. The van der Waals surface area contributed by atoms with Crippen molar-refractivity contribution in [1.82, 2.24) is 0 Å². The summed E-state index contributed by atoms with van der Waals surface area (Å²) in [5.41, 5.74) is 0. The van der Waals surface area contributed by atoms with Crippen LogP contribution in [0.25, 0.3) is 0 Å². The second kappa shape index (κ2) is 13.9. The number of unbranched alkanes of at least 4 members (excludes halogenated alkanes) is 3. The Morgan fingerprint density at radius 3 is 2.33 bits per heavy atom. The first-order valence-corrected chi connectivity index (χ1v) is 6.49. The lowest BCUT2D eigenvalue weighted by Gasteiger charge is -2.06. The van der Waals surface area contributed by atoms with Crippen LogP contribution in [0.1, 0.15) is 39.0 Å². The van der Waals surface area contributed by atoms with Gasteiger partial charge in [0.2, 0.25) is 0 Å². The van der Waals surface area contributed by atoms with E-state index in [2.05, 4.69) is 6.92 Å². The minimum Gasteiger partial charge on any atom is -0.462 e. The van der Waals surface area contributed by atoms with Crippen LogP contribution in [0.2, 0.25) is 0 Å². The molecule has 0 saturated carbocycles. The third-order valence-corrected chi connectivity index (χ3v) is 2.23. The van der Waals surface area contributed by atoms with Crippen molar-refractivity contribution in [1.29, 1.82) is 5.26 Å². The second-order valence-electron chi connectivity index (χ2n) is 3.84. The number of rotatable bonds is 12. The molecule has 0 aromatic heterocycles. The maximum absolute atomic E-state index is 10.8. The molecule has 18 heavy (non-hydrogen) atoms. The molecule has 0 aliphatic carbocycles. The molecule has 5 heteroatoms. The van der Waals surface area contributed by atoms with Crippen LogP contribution in [0.4, 0.5) is 0 Å². The lowest BCUT2D eigenvalue weighted by atomic mass is 10.2. The van der Waals surface area contributed by atoms with Crippen LogP contribution < -0.4 is 0 Å². The van der Waals surface area contributed by atoms with E-state index < -0.39 is 5.97 Å². The summed E-state index contributed by atoms with van der Waals surface area (Å²) < 4.78 is 15.3. The normalized spacial score (nSPS) is 10.0. The first-order chi connectivity index (χ1) is 8.81. The van der Waals surface area contributed by atoms with Crippen molar-refractivity contribution in [3.8, 4) is 6.07 Å². The van der Waals surface area contributed by atoms with Gasteiger partial charge < -0.3 is 14.2 Å². The highest BCUT2D eigenvalue weighted by Gasteiger charge is 2.00. The number of hydrogen-bond acceptors (Lipinski definition) is 5. The standard InChI is InChI=1S/C13H23NO4/c1-2-3-4-5-8-16-9-10-17-11-12-18-13(15)6-7-14/h2-6,8-12H2,1H3. The highest BCUT2D eigenvalue weighted by molar-refractivity contribution is 5.71. The third-order valence-electron chi connectivity index (χ3n) is 2.23.